The number of thiazole rings is 1. The lowest BCUT2D eigenvalue weighted by atomic mass is 10.3. The van der Waals surface area contributed by atoms with Crippen molar-refractivity contribution < 1.29 is 17.9 Å². The van der Waals surface area contributed by atoms with Gasteiger partial charge in [0.05, 0.1) is 6.04 Å². The summed E-state index contributed by atoms with van der Waals surface area (Å²) in [6.45, 7) is 0.0415. The fourth-order valence-corrected chi connectivity index (χ4v) is 2.36. The molecule has 1 aromatic carbocycles. The van der Waals surface area contributed by atoms with Gasteiger partial charge in [-0.2, -0.15) is 13.2 Å². The summed E-state index contributed by atoms with van der Waals surface area (Å²) in [6, 6.07) is 6.00. The number of hydrogen-bond donors (Lipinski definition) is 1. The number of ether oxygens (including phenoxy) is 1. The first-order valence-electron chi connectivity index (χ1n) is 5.53. The molecule has 0 radical (unpaired) electrons. The van der Waals surface area contributed by atoms with Crippen molar-refractivity contribution in [1.29, 1.82) is 0 Å². The molecule has 2 aromatic rings. The zero-order valence-corrected chi connectivity index (χ0v) is 11.6. The van der Waals surface area contributed by atoms with E-state index >= 15 is 0 Å². The van der Waals surface area contributed by atoms with E-state index in [0.717, 1.165) is 6.20 Å². The Morgan fingerprint density at radius 1 is 1.40 bits per heavy atom. The van der Waals surface area contributed by atoms with Gasteiger partial charge in [-0.3, -0.25) is 0 Å². The molecule has 1 heterocycles. The number of alkyl halides is 3. The molecule has 1 atom stereocenters. The summed E-state index contributed by atoms with van der Waals surface area (Å²) in [6.07, 6.45) is -3.32. The molecule has 0 spiro atoms. The second kappa shape index (κ2) is 5.99. The predicted molar refractivity (Wildman–Crippen MR) is 71.0 cm³/mol. The second-order valence-electron chi connectivity index (χ2n) is 3.94. The van der Waals surface area contributed by atoms with Crippen LogP contribution in [0.3, 0.4) is 0 Å². The van der Waals surface area contributed by atoms with E-state index in [4.69, 9.17) is 22.1 Å². The van der Waals surface area contributed by atoms with Crippen LogP contribution in [-0.2, 0) is 6.18 Å². The van der Waals surface area contributed by atoms with Gasteiger partial charge in [-0.25, -0.2) is 4.98 Å². The molecule has 0 aliphatic rings. The summed E-state index contributed by atoms with van der Waals surface area (Å²) >= 11 is 6.31. The Bertz CT molecular complexity index is 588. The van der Waals surface area contributed by atoms with Crippen LogP contribution >= 0.6 is 22.9 Å². The highest BCUT2D eigenvalue weighted by Gasteiger charge is 2.35. The first kappa shape index (κ1) is 15.1. The first-order chi connectivity index (χ1) is 9.36. The molecule has 0 aliphatic heterocycles. The van der Waals surface area contributed by atoms with E-state index in [1.54, 1.807) is 24.3 Å². The fraction of sp³-hybridized carbons (Fsp3) is 0.250. The molecule has 0 aliphatic carbocycles. The Morgan fingerprint density at radius 3 is 2.75 bits per heavy atom. The van der Waals surface area contributed by atoms with Gasteiger partial charge in [-0.1, -0.05) is 17.7 Å². The Hall–Kier alpha value is -1.31. The van der Waals surface area contributed by atoms with Gasteiger partial charge in [0.15, 0.2) is 5.01 Å². The maximum Gasteiger partial charge on any atom is 0.443 e. The van der Waals surface area contributed by atoms with Crippen LogP contribution in [0.5, 0.6) is 5.75 Å². The Labute approximate surface area is 122 Å². The molecule has 1 aromatic heterocycles. The van der Waals surface area contributed by atoms with Crippen molar-refractivity contribution in [3.63, 3.8) is 0 Å². The Morgan fingerprint density at radius 2 is 2.15 bits per heavy atom. The predicted octanol–water partition coefficient (Wildman–Crippen LogP) is 3.89. The number of halogens is 4. The van der Waals surface area contributed by atoms with E-state index in [-0.39, 0.29) is 6.61 Å². The topological polar surface area (TPSA) is 48.1 Å². The maximum atomic E-state index is 12.4. The van der Waals surface area contributed by atoms with Gasteiger partial charge in [0, 0.05) is 16.1 Å². The molecule has 2 N–H and O–H groups in total. The third kappa shape index (κ3) is 3.84. The van der Waals surface area contributed by atoms with Crippen LogP contribution in [0.2, 0.25) is 5.02 Å². The van der Waals surface area contributed by atoms with E-state index in [9.17, 15) is 13.2 Å². The average Bonchev–Trinajstić information content (AvgIpc) is 2.85. The Balaban J connectivity index is 1.98. The molecule has 0 saturated carbocycles. The molecule has 2 rings (SSSR count). The van der Waals surface area contributed by atoms with Crippen LogP contribution in [0.25, 0.3) is 0 Å². The zero-order valence-electron chi connectivity index (χ0n) is 10.0. The molecule has 3 nitrogen and oxygen atoms in total. The minimum absolute atomic E-state index is 0.0415. The summed E-state index contributed by atoms with van der Waals surface area (Å²) < 4.78 is 42.6. The lowest BCUT2D eigenvalue weighted by molar-refractivity contribution is -0.137. The normalized spacial score (nSPS) is 13.2. The fourth-order valence-electron chi connectivity index (χ4n) is 1.41. The molecule has 1 unspecified atom stereocenters. The Kier molecular flexibility index (Phi) is 4.52. The second-order valence-corrected chi connectivity index (χ2v) is 5.44. The summed E-state index contributed by atoms with van der Waals surface area (Å²) in [7, 11) is 0. The van der Waals surface area contributed by atoms with Crippen LogP contribution in [0.15, 0.2) is 30.5 Å². The zero-order chi connectivity index (χ0) is 14.8. The molecule has 0 amide bonds. The monoisotopic (exact) mass is 322 g/mol. The van der Waals surface area contributed by atoms with E-state index in [1.807, 2.05) is 0 Å². The van der Waals surface area contributed by atoms with Crippen LogP contribution in [0.1, 0.15) is 15.9 Å². The van der Waals surface area contributed by atoms with Gasteiger partial charge in [0.1, 0.15) is 12.4 Å². The van der Waals surface area contributed by atoms with Gasteiger partial charge in [0.25, 0.3) is 0 Å². The lowest BCUT2D eigenvalue weighted by Gasteiger charge is -2.11. The average molecular weight is 323 g/mol. The SMILES string of the molecule is NC(COc1cccc(Cl)c1)c1cnc(C(F)(F)F)s1. The van der Waals surface area contributed by atoms with Gasteiger partial charge >= 0.3 is 6.18 Å². The molecule has 108 valence electrons. The van der Waals surface area contributed by atoms with Gasteiger partial charge in [0.2, 0.25) is 0 Å². The molecule has 8 heteroatoms. The van der Waals surface area contributed by atoms with Crippen molar-refractivity contribution in [2.75, 3.05) is 6.61 Å². The summed E-state index contributed by atoms with van der Waals surface area (Å²) in [5.74, 6) is 0.508. The van der Waals surface area contributed by atoms with Crippen LogP contribution in [0.4, 0.5) is 13.2 Å². The summed E-state index contributed by atoms with van der Waals surface area (Å²) in [4.78, 5) is 3.63. The van der Waals surface area contributed by atoms with Crippen LogP contribution in [-0.4, -0.2) is 11.6 Å². The molecule has 0 saturated heterocycles. The highest BCUT2D eigenvalue weighted by molar-refractivity contribution is 7.11. The standard InChI is InChI=1S/C12H10ClF3N2OS/c13-7-2-1-3-8(4-7)19-6-9(17)10-5-18-11(20-10)12(14,15)16/h1-5,9H,6,17H2. The van der Waals surface area contributed by atoms with Crippen molar-refractivity contribution >= 4 is 22.9 Å². The van der Waals surface area contributed by atoms with Crippen LogP contribution < -0.4 is 10.5 Å². The number of aromatic nitrogens is 1. The van der Waals surface area contributed by atoms with Crippen molar-refractivity contribution in [3.8, 4) is 5.75 Å². The highest BCUT2D eigenvalue weighted by atomic mass is 35.5. The van der Waals surface area contributed by atoms with E-state index in [2.05, 4.69) is 4.98 Å². The smallest absolute Gasteiger partial charge is 0.443 e. The van der Waals surface area contributed by atoms with E-state index in [1.165, 1.54) is 0 Å². The van der Waals surface area contributed by atoms with Crippen LogP contribution in [0, 0.1) is 0 Å². The number of rotatable bonds is 4. The third-order valence-corrected chi connectivity index (χ3v) is 3.77. The number of benzene rings is 1. The van der Waals surface area contributed by atoms with Crippen molar-refractivity contribution in [1.82, 2.24) is 4.98 Å². The van der Waals surface area contributed by atoms with Crippen molar-refractivity contribution in [2.45, 2.75) is 12.2 Å². The first-order valence-corrected chi connectivity index (χ1v) is 6.72. The molecule has 0 fully saturated rings. The summed E-state index contributed by atoms with van der Waals surface area (Å²) in [5.41, 5.74) is 5.78. The number of nitrogens with zero attached hydrogens (tertiary/aromatic N) is 1. The van der Waals surface area contributed by atoms with Gasteiger partial charge < -0.3 is 10.5 Å². The van der Waals surface area contributed by atoms with Gasteiger partial charge in [-0.15, -0.1) is 11.3 Å². The highest BCUT2D eigenvalue weighted by Crippen LogP contribution is 2.34. The largest absolute Gasteiger partial charge is 0.492 e. The van der Waals surface area contributed by atoms with E-state index < -0.39 is 17.2 Å². The molecular formula is C12H10ClF3N2OS. The van der Waals surface area contributed by atoms with Crippen molar-refractivity contribution in [3.05, 3.63) is 45.4 Å². The van der Waals surface area contributed by atoms with E-state index in [0.29, 0.717) is 27.0 Å². The summed E-state index contributed by atoms with van der Waals surface area (Å²) in [5, 5.41) is -0.404. The minimum Gasteiger partial charge on any atom is -0.492 e. The minimum atomic E-state index is -4.45. The number of nitrogens with two attached hydrogens (primary N) is 1. The molecular weight excluding hydrogens is 313 g/mol. The lowest BCUT2D eigenvalue weighted by Crippen LogP contribution is -2.17. The maximum absolute atomic E-state index is 12.4. The quantitative estimate of drug-likeness (QED) is 0.929. The number of hydrogen-bond acceptors (Lipinski definition) is 4. The molecule has 20 heavy (non-hydrogen) atoms. The van der Waals surface area contributed by atoms with Crippen molar-refractivity contribution in [2.24, 2.45) is 5.73 Å². The van der Waals surface area contributed by atoms with Gasteiger partial charge in [-0.05, 0) is 18.2 Å². The molecule has 0 bridgehead atoms. The third-order valence-electron chi connectivity index (χ3n) is 2.36.